The summed E-state index contributed by atoms with van der Waals surface area (Å²) in [5.41, 5.74) is 4.83. The van der Waals surface area contributed by atoms with Crippen LogP contribution in [0.5, 0.6) is 5.75 Å². The summed E-state index contributed by atoms with van der Waals surface area (Å²) >= 11 is 3.43. The summed E-state index contributed by atoms with van der Waals surface area (Å²) in [7, 11) is 0. The number of para-hydroxylation sites is 1. The van der Waals surface area contributed by atoms with Crippen LogP contribution in [0.15, 0.2) is 52.0 Å². The van der Waals surface area contributed by atoms with Crippen LogP contribution in [-0.4, -0.2) is 33.7 Å². The molecule has 0 saturated heterocycles. The summed E-state index contributed by atoms with van der Waals surface area (Å²) in [6.07, 6.45) is 2.47. The summed E-state index contributed by atoms with van der Waals surface area (Å²) in [6, 6.07) is 13.1. The number of hydrazone groups is 1. The molecule has 2 aromatic carbocycles. The molecule has 0 aliphatic heterocycles. The second kappa shape index (κ2) is 8.57. The molecule has 1 amide bonds. The number of carbonyl (C=O) groups excluding carboxylic acids is 1. The molecule has 0 aliphatic carbocycles. The Labute approximate surface area is 159 Å². The molecule has 1 N–H and O–H groups in total. The minimum absolute atomic E-state index is 0.0372. The van der Waals surface area contributed by atoms with Gasteiger partial charge < -0.3 is 4.74 Å². The maximum atomic E-state index is 12.1. The van der Waals surface area contributed by atoms with Crippen LogP contribution < -0.4 is 10.2 Å². The zero-order valence-corrected chi connectivity index (χ0v) is 15.8. The number of hydrogen-bond donors (Lipinski definition) is 1. The molecule has 0 aliphatic rings. The first-order valence-corrected chi connectivity index (χ1v) is 8.99. The predicted octanol–water partition coefficient (Wildman–Crippen LogP) is 3.13. The second-order valence-corrected chi connectivity index (χ2v) is 6.48. The Morgan fingerprint density at radius 3 is 3.04 bits per heavy atom. The standard InChI is InChI=1S/C18H18BrN5O2/c1-2-9-26-17-8-7-14(19)10-13(17)11-20-22-18(25)12-24-16-6-4-3-5-15(16)21-23-24/h3-8,10-11H,2,9,12H2,1H3,(H,22,25)/b20-11-. The Hall–Kier alpha value is -2.74. The fraction of sp³-hybridized carbons (Fsp3) is 0.222. The van der Waals surface area contributed by atoms with Crippen molar-refractivity contribution in [1.82, 2.24) is 20.4 Å². The highest BCUT2D eigenvalue weighted by molar-refractivity contribution is 9.10. The van der Waals surface area contributed by atoms with Crippen LogP contribution >= 0.6 is 15.9 Å². The molecule has 3 rings (SSSR count). The molecule has 0 spiro atoms. The third-order valence-corrected chi connectivity index (χ3v) is 4.03. The number of hydrogen-bond acceptors (Lipinski definition) is 5. The molecular weight excluding hydrogens is 398 g/mol. The second-order valence-electron chi connectivity index (χ2n) is 5.56. The van der Waals surface area contributed by atoms with Gasteiger partial charge in [0.15, 0.2) is 0 Å². The molecule has 0 bridgehead atoms. The van der Waals surface area contributed by atoms with Gasteiger partial charge in [0.25, 0.3) is 5.91 Å². The molecule has 0 radical (unpaired) electrons. The first kappa shape index (κ1) is 18.1. The van der Waals surface area contributed by atoms with Crippen molar-refractivity contribution in [3.05, 3.63) is 52.5 Å². The number of halogens is 1. The van der Waals surface area contributed by atoms with Gasteiger partial charge in [-0.2, -0.15) is 5.10 Å². The van der Waals surface area contributed by atoms with Crippen molar-refractivity contribution < 1.29 is 9.53 Å². The minimum Gasteiger partial charge on any atom is -0.493 e. The highest BCUT2D eigenvalue weighted by atomic mass is 79.9. The number of amides is 1. The van der Waals surface area contributed by atoms with E-state index in [-0.39, 0.29) is 12.5 Å². The molecule has 0 fully saturated rings. The van der Waals surface area contributed by atoms with Crippen molar-refractivity contribution in [1.29, 1.82) is 0 Å². The maximum absolute atomic E-state index is 12.1. The number of fused-ring (bicyclic) bond motifs is 1. The van der Waals surface area contributed by atoms with Crippen molar-refractivity contribution >= 4 is 39.1 Å². The van der Waals surface area contributed by atoms with Crippen molar-refractivity contribution in [2.45, 2.75) is 19.9 Å². The first-order valence-electron chi connectivity index (χ1n) is 8.20. The highest BCUT2D eigenvalue weighted by Gasteiger charge is 2.08. The topological polar surface area (TPSA) is 81.4 Å². The summed E-state index contributed by atoms with van der Waals surface area (Å²) in [6.45, 7) is 2.70. The van der Waals surface area contributed by atoms with E-state index in [1.807, 2.05) is 49.4 Å². The van der Waals surface area contributed by atoms with Gasteiger partial charge >= 0.3 is 0 Å². The van der Waals surface area contributed by atoms with Crippen LogP contribution in [0.2, 0.25) is 0 Å². The van der Waals surface area contributed by atoms with Crippen LogP contribution in [0.25, 0.3) is 11.0 Å². The van der Waals surface area contributed by atoms with E-state index in [1.165, 1.54) is 4.68 Å². The van der Waals surface area contributed by atoms with Gasteiger partial charge in [-0.05, 0) is 36.8 Å². The molecule has 1 aromatic heterocycles. The molecule has 0 unspecified atom stereocenters. The Balaban J connectivity index is 1.65. The van der Waals surface area contributed by atoms with Crippen LogP contribution in [0.3, 0.4) is 0 Å². The van der Waals surface area contributed by atoms with E-state index in [4.69, 9.17) is 4.74 Å². The van der Waals surface area contributed by atoms with E-state index in [1.54, 1.807) is 6.21 Å². The molecule has 0 atom stereocenters. The van der Waals surface area contributed by atoms with Crippen molar-refractivity contribution in [2.75, 3.05) is 6.61 Å². The van der Waals surface area contributed by atoms with E-state index < -0.39 is 0 Å². The van der Waals surface area contributed by atoms with Gasteiger partial charge in [0, 0.05) is 10.0 Å². The van der Waals surface area contributed by atoms with E-state index in [9.17, 15) is 4.79 Å². The monoisotopic (exact) mass is 415 g/mol. The predicted molar refractivity (Wildman–Crippen MR) is 103 cm³/mol. The Morgan fingerprint density at radius 1 is 1.35 bits per heavy atom. The molecule has 1 heterocycles. The number of ether oxygens (including phenoxy) is 1. The van der Waals surface area contributed by atoms with Crippen LogP contribution in [0.4, 0.5) is 0 Å². The smallest absolute Gasteiger partial charge is 0.261 e. The fourth-order valence-corrected chi connectivity index (χ4v) is 2.72. The van der Waals surface area contributed by atoms with Gasteiger partial charge in [0.1, 0.15) is 17.8 Å². The summed E-state index contributed by atoms with van der Waals surface area (Å²) < 4.78 is 8.13. The lowest BCUT2D eigenvalue weighted by molar-refractivity contribution is -0.121. The molecule has 134 valence electrons. The van der Waals surface area contributed by atoms with Gasteiger partial charge in [-0.3, -0.25) is 4.79 Å². The van der Waals surface area contributed by atoms with E-state index >= 15 is 0 Å². The summed E-state index contributed by atoms with van der Waals surface area (Å²) in [5, 5.41) is 12.0. The van der Waals surface area contributed by atoms with E-state index in [2.05, 4.69) is 36.8 Å². The molecule has 26 heavy (non-hydrogen) atoms. The number of rotatable bonds is 7. The highest BCUT2D eigenvalue weighted by Crippen LogP contribution is 2.22. The molecule has 3 aromatic rings. The first-order chi connectivity index (χ1) is 12.7. The lowest BCUT2D eigenvalue weighted by Gasteiger charge is -2.08. The van der Waals surface area contributed by atoms with Crippen LogP contribution in [0.1, 0.15) is 18.9 Å². The maximum Gasteiger partial charge on any atom is 0.261 e. The third-order valence-electron chi connectivity index (χ3n) is 3.54. The third kappa shape index (κ3) is 4.45. The van der Waals surface area contributed by atoms with Gasteiger partial charge in [-0.15, -0.1) is 5.10 Å². The molecular formula is C18H18BrN5O2. The summed E-state index contributed by atoms with van der Waals surface area (Å²) in [5.74, 6) is 0.429. The zero-order chi connectivity index (χ0) is 18.4. The fourth-order valence-electron chi connectivity index (χ4n) is 2.34. The summed E-state index contributed by atoms with van der Waals surface area (Å²) in [4.78, 5) is 12.1. The number of carbonyl (C=O) groups is 1. The van der Waals surface area contributed by atoms with E-state index in [0.29, 0.717) is 6.61 Å². The average molecular weight is 416 g/mol. The van der Waals surface area contributed by atoms with Crippen LogP contribution in [0, 0.1) is 0 Å². The Kier molecular flexibility index (Phi) is 5.96. The number of nitrogens with zero attached hydrogens (tertiary/aromatic N) is 4. The quantitative estimate of drug-likeness (QED) is 0.474. The molecule has 0 saturated carbocycles. The van der Waals surface area contributed by atoms with Gasteiger partial charge in [-0.25, -0.2) is 10.1 Å². The van der Waals surface area contributed by atoms with Gasteiger partial charge in [0.05, 0.1) is 18.3 Å². The Morgan fingerprint density at radius 2 is 2.19 bits per heavy atom. The largest absolute Gasteiger partial charge is 0.493 e. The normalized spacial score (nSPS) is 11.2. The zero-order valence-electron chi connectivity index (χ0n) is 14.2. The lowest BCUT2D eigenvalue weighted by Crippen LogP contribution is -2.23. The van der Waals surface area contributed by atoms with E-state index in [0.717, 1.165) is 33.2 Å². The van der Waals surface area contributed by atoms with Crippen molar-refractivity contribution in [2.24, 2.45) is 5.10 Å². The Bertz CT molecular complexity index is 938. The van der Waals surface area contributed by atoms with Crippen LogP contribution in [-0.2, 0) is 11.3 Å². The van der Waals surface area contributed by atoms with Gasteiger partial charge in [0.2, 0.25) is 0 Å². The molecule has 7 nitrogen and oxygen atoms in total. The lowest BCUT2D eigenvalue weighted by atomic mass is 10.2. The average Bonchev–Trinajstić information content (AvgIpc) is 3.04. The number of nitrogens with one attached hydrogen (secondary N) is 1. The molecule has 8 heteroatoms. The van der Waals surface area contributed by atoms with Gasteiger partial charge in [-0.1, -0.05) is 40.2 Å². The van der Waals surface area contributed by atoms with Crippen molar-refractivity contribution in [3.63, 3.8) is 0 Å². The SMILES string of the molecule is CCCOc1ccc(Br)cc1/C=N\NC(=O)Cn1nnc2ccccc21. The minimum atomic E-state index is -0.289. The van der Waals surface area contributed by atoms with Crippen molar-refractivity contribution in [3.8, 4) is 5.75 Å². The number of benzene rings is 2. The number of aromatic nitrogens is 3.